The summed E-state index contributed by atoms with van der Waals surface area (Å²) in [6.07, 6.45) is 9.01. The van der Waals surface area contributed by atoms with E-state index in [4.69, 9.17) is 4.98 Å². The van der Waals surface area contributed by atoms with Crippen LogP contribution in [-0.4, -0.2) is 37.9 Å². The molecule has 1 aromatic carbocycles. The molecule has 0 amide bonds. The minimum absolute atomic E-state index is 0.329. The highest BCUT2D eigenvalue weighted by Gasteiger charge is 2.24. The Labute approximate surface area is 147 Å². The summed E-state index contributed by atoms with van der Waals surface area (Å²) in [5.41, 5.74) is 3.96. The molecule has 0 bridgehead atoms. The molecule has 2 heterocycles. The van der Waals surface area contributed by atoms with Gasteiger partial charge in [-0.2, -0.15) is 5.10 Å². The largest absolute Gasteiger partial charge is 0.508 e. The van der Waals surface area contributed by atoms with Gasteiger partial charge in [-0.3, -0.25) is 4.68 Å². The molecule has 1 atom stereocenters. The molecular formula is C19H25N5O. The van der Waals surface area contributed by atoms with Crippen LogP contribution in [0.25, 0.3) is 11.0 Å². The first-order valence-electron chi connectivity index (χ1n) is 9.03. The third-order valence-corrected chi connectivity index (χ3v) is 5.05. The molecular weight excluding hydrogens is 314 g/mol. The second-order valence-electron chi connectivity index (χ2n) is 7.11. The molecule has 6 heteroatoms. The van der Waals surface area contributed by atoms with Gasteiger partial charge in [0.1, 0.15) is 11.6 Å². The van der Waals surface area contributed by atoms with Crippen LogP contribution in [-0.2, 0) is 12.8 Å². The summed E-state index contributed by atoms with van der Waals surface area (Å²) in [5, 5.41) is 18.0. The standard InChI is InChI=1S/C19H25N5O/c1-12(20-2)3-6-15-17(25)8-7-16-19(15)23-18(22-16)9-13-10-21-24(11-13)14-4-5-14/h7-8,10-12,14,20,25H,3-6,9H2,1-2H3,(H,22,23). The van der Waals surface area contributed by atoms with Crippen LogP contribution in [0.2, 0.25) is 0 Å². The molecule has 6 nitrogen and oxygen atoms in total. The maximum atomic E-state index is 10.3. The predicted octanol–water partition coefficient (Wildman–Crippen LogP) is 2.93. The summed E-state index contributed by atoms with van der Waals surface area (Å²) in [4.78, 5) is 8.16. The van der Waals surface area contributed by atoms with Crippen molar-refractivity contribution in [3.63, 3.8) is 0 Å². The van der Waals surface area contributed by atoms with Gasteiger partial charge in [0.25, 0.3) is 0 Å². The minimum atomic E-state index is 0.329. The third kappa shape index (κ3) is 3.39. The lowest BCUT2D eigenvalue weighted by atomic mass is 10.0. The number of rotatable bonds is 7. The second-order valence-corrected chi connectivity index (χ2v) is 7.11. The number of fused-ring (bicyclic) bond motifs is 1. The summed E-state index contributed by atoms with van der Waals surface area (Å²) in [6.45, 7) is 2.14. The molecule has 0 radical (unpaired) electrons. The van der Waals surface area contributed by atoms with E-state index in [1.807, 2.05) is 19.3 Å². The van der Waals surface area contributed by atoms with Crippen LogP contribution in [0.4, 0.5) is 0 Å². The molecule has 2 aromatic heterocycles. The average Bonchev–Trinajstić information content (AvgIpc) is 3.22. The molecule has 3 N–H and O–H groups in total. The molecule has 132 valence electrons. The molecule has 1 aliphatic rings. The van der Waals surface area contributed by atoms with Gasteiger partial charge >= 0.3 is 0 Å². The molecule has 3 aromatic rings. The van der Waals surface area contributed by atoms with Crippen LogP contribution in [0.1, 0.15) is 49.2 Å². The van der Waals surface area contributed by atoms with Gasteiger partial charge in [-0.1, -0.05) is 0 Å². The number of benzene rings is 1. The Balaban J connectivity index is 1.57. The van der Waals surface area contributed by atoms with Crippen LogP contribution in [0.3, 0.4) is 0 Å². The van der Waals surface area contributed by atoms with E-state index in [0.29, 0.717) is 17.8 Å². The van der Waals surface area contributed by atoms with Crippen molar-refractivity contribution >= 4 is 11.0 Å². The number of phenolic OH excluding ortho intramolecular Hbond substituents is 1. The number of aromatic amines is 1. The number of nitrogens with one attached hydrogen (secondary N) is 2. The molecule has 0 saturated heterocycles. The van der Waals surface area contributed by atoms with E-state index in [-0.39, 0.29) is 0 Å². The number of H-pyrrole nitrogens is 1. The highest BCUT2D eigenvalue weighted by molar-refractivity contribution is 5.81. The van der Waals surface area contributed by atoms with Crippen molar-refractivity contribution < 1.29 is 5.11 Å². The van der Waals surface area contributed by atoms with E-state index in [0.717, 1.165) is 41.7 Å². The van der Waals surface area contributed by atoms with E-state index in [1.165, 1.54) is 18.4 Å². The summed E-state index contributed by atoms with van der Waals surface area (Å²) >= 11 is 0. The van der Waals surface area contributed by atoms with Crippen LogP contribution in [0, 0.1) is 0 Å². The maximum Gasteiger partial charge on any atom is 0.121 e. The monoisotopic (exact) mass is 339 g/mol. The Hall–Kier alpha value is -2.34. The van der Waals surface area contributed by atoms with Crippen LogP contribution < -0.4 is 5.32 Å². The van der Waals surface area contributed by atoms with Crippen molar-refractivity contribution in [3.05, 3.63) is 41.5 Å². The molecule has 25 heavy (non-hydrogen) atoms. The number of imidazole rings is 1. The number of hydrogen-bond donors (Lipinski definition) is 3. The average molecular weight is 339 g/mol. The summed E-state index contributed by atoms with van der Waals surface area (Å²) in [6, 6.07) is 4.66. The van der Waals surface area contributed by atoms with Gasteiger partial charge in [-0.05, 0) is 57.4 Å². The fourth-order valence-corrected chi connectivity index (χ4v) is 3.21. The normalized spacial score (nSPS) is 15.8. The highest BCUT2D eigenvalue weighted by atomic mass is 16.3. The van der Waals surface area contributed by atoms with E-state index >= 15 is 0 Å². The van der Waals surface area contributed by atoms with Crippen molar-refractivity contribution in [2.45, 2.75) is 51.1 Å². The van der Waals surface area contributed by atoms with Gasteiger partial charge < -0.3 is 15.4 Å². The Morgan fingerprint density at radius 2 is 2.24 bits per heavy atom. The minimum Gasteiger partial charge on any atom is -0.508 e. The van der Waals surface area contributed by atoms with Crippen molar-refractivity contribution in [2.24, 2.45) is 0 Å². The third-order valence-electron chi connectivity index (χ3n) is 5.05. The van der Waals surface area contributed by atoms with Gasteiger partial charge in [0.15, 0.2) is 0 Å². The number of aromatic hydroxyl groups is 1. The van der Waals surface area contributed by atoms with Gasteiger partial charge in [0.05, 0.1) is 23.3 Å². The van der Waals surface area contributed by atoms with Crippen LogP contribution in [0.15, 0.2) is 24.5 Å². The van der Waals surface area contributed by atoms with Crippen molar-refractivity contribution in [1.29, 1.82) is 0 Å². The van der Waals surface area contributed by atoms with E-state index in [2.05, 4.69) is 33.2 Å². The zero-order valence-corrected chi connectivity index (χ0v) is 14.8. The molecule has 1 saturated carbocycles. The fourth-order valence-electron chi connectivity index (χ4n) is 3.21. The number of aromatic nitrogens is 4. The van der Waals surface area contributed by atoms with Gasteiger partial charge in [-0.25, -0.2) is 4.98 Å². The maximum absolute atomic E-state index is 10.3. The summed E-state index contributed by atoms with van der Waals surface area (Å²) in [5.74, 6) is 1.24. The number of nitrogens with zero attached hydrogens (tertiary/aromatic N) is 3. The van der Waals surface area contributed by atoms with Gasteiger partial charge in [0, 0.05) is 24.2 Å². The lowest BCUT2D eigenvalue weighted by Gasteiger charge is -2.11. The predicted molar refractivity (Wildman–Crippen MR) is 97.9 cm³/mol. The second kappa shape index (κ2) is 6.52. The lowest BCUT2D eigenvalue weighted by molar-refractivity contribution is 0.465. The highest BCUT2D eigenvalue weighted by Crippen LogP contribution is 2.34. The Bertz CT molecular complexity index is 877. The van der Waals surface area contributed by atoms with E-state index in [9.17, 15) is 5.11 Å². The fraction of sp³-hybridized carbons (Fsp3) is 0.474. The summed E-state index contributed by atoms with van der Waals surface area (Å²) < 4.78 is 2.06. The van der Waals surface area contributed by atoms with E-state index in [1.54, 1.807) is 6.07 Å². The van der Waals surface area contributed by atoms with E-state index < -0.39 is 0 Å². The molecule has 1 unspecified atom stereocenters. The Morgan fingerprint density at radius 3 is 3.00 bits per heavy atom. The van der Waals surface area contributed by atoms with Gasteiger partial charge in [-0.15, -0.1) is 0 Å². The smallest absolute Gasteiger partial charge is 0.121 e. The Morgan fingerprint density at radius 1 is 1.40 bits per heavy atom. The molecule has 0 spiro atoms. The van der Waals surface area contributed by atoms with Crippen LogP contribution in [0.5, 0.6) is 5.75 Å². The topological polar surface area (TPSA) is 78.8 Å². The quantitative estimate of drug-likeness (QED) is 0.618. The first-order chi connectivity index (χ1) is 12.1. The first-order valence-corrected chi connectivity index (χ1v) is 9.03. The lowest BCUT2D eigenvalue weighted by Crippen LogP contribution is -2.21. The Kier molecular flexibility index (Phi) is 4.21. The van der Waals surface area contributed by atoms with Crippen molar-refractivity contribution in [1.82, 2.24) is 25.1 Å². The van der Waals surface area contributed by atoms with Crippen molar-refractivity contribution in [3.8, 4) is 5.75 Å². The molecule has 1 fully saturated rings. The number of aryl methyl sites for hydroxylation is 1. The number of phenols is 1. The molecule has 4 rings (SSSR count). The summed E-state index contributed by atoms with van der Waals surface area (Å²) in [7, 11) is 1.96. The molecule has 1 aliphatic carbocycles. The van der Waals surface area contributed by atoms with Gasteiger partial charge in [0.2, 0.25) is 0 Å². The van der Waals surface area contributed by atoms with Crippen LogP contribution >= 0.6 is 0 Å². The first kappa shape index (κ1) is 16.1. The van der Waals surface area contributed by atoms with Crippen molar-refractivity contribution in [2.75, 3.05) is 7.05 Å². The number of hydrogen-bond acceptors (Lipinski definition) is 4. The molecule has 0 aliphatic heterocycles. The zero-order chi connectivity index (χ0) is 17.4. The SMILES string of the molecule is CNC(C)CCc1c(O)ccc2[nH]c(Cc3cnn(C4CC4)c3)nc12. The zero-order valence-electron chi connectivity index (χ0n) is 14.8.